The molecule has 0 atom stereocenters. The van der Waals surface area contributed by atoms with Crippen LogP contribution in [0.15, 0.2) is 33.4 Å². The van der Waals surface area contributed by atoms with Gasteiger partial charge in [-0.3, -0.25) is 14.4 Å². The summed E-state index contributed by atoms with van der Waals surface area (Å²) in [5.41, 5.74) is 0.145. The Morgan fingerprint density at radius 3 is 2.75 bits per heavy atom. The Morgan fingerprint density at radius 1 is 1.29 bits per heavy atom. The van der Waals surface area contributed by atoms with E-state index in [0.717, 1.165) is 0 Å². The van der Waals surface area contributed by atoms with Gasteiger partial charge in [0.05, 0.1) is 12.8 Å². The monoisotopic (exact) mass is 332 g/mol. The molecular formula is C15H16N4O5. The second-order valence-electron chi connectivity index (χ2n) is 5.28. The molecule has 126 valence electrons. The molecule has 0 saturated carbocycles. The van der Waals surface area contributed by atoms with Crippen LogP contribution in [0, 0.1) is 6.92 Å². The van der Waals surface area contributed by atoms with Crippen LogP contribution in [0.2, 0.25) is 0 Å². The third kappa shape index (κ3) is 3.14. The van der Waals surface area contributed by atoms with Gasteiger partial charge in [0.25, 0.3) is 17.7 Å². The van der Waals surface area contributed by atoms with Gasteiger partial charge in [0.1, 0.15) is 5.76 Å². The Bertz CT molecular complexity index is 752. The van der Waals surface area contributed by atoms with Crippen LogP contribution >= 0.6 is 0 Å². The van der Waals surface area contributed by atoms with E-state index in [2.05, 4.69) is 10.5 Å². The van der Waals surface area contributed by atoms with Gasteiger partial charge in [-0.2, -0.15) is 0 Å². The molecule has 1 aliphatic rings. The summed E-state index contributed by atoms with van der Waals surface area (Å²) >= 11 is 0. The molecule has 0 spiro atoms. The molecule has 24 heavy (non-hydrogen) atoms. The van der Waals surface area contributed by atoms with Crippen molar-refractivity contribution in [2.24, 2.45) is 0 Å². The van der Waals surface area contributed by atoms with E-state index in [1.54, 1.807) is 13.0 Å². The third-order valence-electron chi connectivity index (χ3n) is 3.55. The zero-order valence-corrected chi connectivity index (χ0v) is 13.0. The van der Waals surface area contributed by atoms with Crippen LogP contribution in [0.1, 0.15) is 33.2 Å². The van der Waals surface area contributed by atoms with Crippen LogP contribution in [-0.2, 0) is 4.79 Å². The molecule has 1 N–H and O–H groups in total. The average Bonchev–Trinajstić information content (AvgIpc) is 3.31. The first kappa shape index (κ1) is 15.8. The first-order valence-electron chi connectivity index (χ1n) is 7.43. The number of furan rings is 1. The predicted molar refractivity (Wildman–Crippen MR) is 79.6 cm³/mol. The van der Waals surface area contributed by atoms with Crippen molar-refractivity contribution in [1.29, 1.82) is 0 Å². The summed E-state index contributed by atoms with van der Waals surface area (Å²) in [5.74, 6) is -0.648. The number of aromatic nitrogens is 1. The number of hydrazine groups is 1. The van der Waals surface area contributed by atoms with Gasteiger partial charge in [-0.15, -0.1) is 0 Å². The number of carbonyl (C=O) groups is 3. The van der Waals surface area contributed by atoms with E-state index in [1.807, 2.05) is 0 Å². The summed E-state index contributed by atoms with van der Waals surface area (Å²) in [5, 5.41) is 8.78. The second-order valence-corrected chi connectivity index (χ2v) is 5.28. The molecule has 1 saturated heterocycles. The third-order valence-corrected chi connectivity index (χ3v) is 3.55. The molecule has 1 aliphatic heterocycles. The maximum atomic E-state index is 12.4. The molecular weight excluding hydrogens is 316 g/mol. The van der Waals surface area contributed by atoms with Crippen LogP contribution in [-0.4, -0.2) is 52.5 Å². The Balaban J connectivity index is 1.61. The number of hydrogen-bond donors (Lipinski definition) is 1. The minimum atomic E-state index is -0.488. The van der Waals surface area contributed by atoms with Crippen molar-refractivity contribution in [1.82, 2.24) is 20.5 Å². The number of hydrogen-bond acceptors (Lipinski definition) is 6. The van der Waals surface area contributed by atoms with Crippen molar-refractivity contribution < 1.29 is 23.3 Å². The molecule has 0 bridgehead atoms. The van der Waals surface area contributed by atoms with Crippen molar-refractivity contribution in [2.45, 2.75) is 13.3 Å². The first-order valence-corrected chi connectivity index (χ1v) is 7.43. The summed E-state index contributed by atoms with van der Waals surface area (Å²) in [4.78, 5) is 36.5. The van der Waals surface area contributed by atoms with E-state index in [-0.39, 0.29) is 23.9 Å². The molecule has 3 amide bonds. The molecule has 3 rings (SSSR count). The maximum Gasteiger partial charge on any atom is 0.294 e. The normalized spacial score (nSPS) is 14.0. The Labute approximate surface area is 137 Å². The fraction of sp³-hybridized carbons (Fsp3) is 0.333. The first-order chi connectivity index (χ1) is 11.6. The van der Waals surface area contributed by atoms with E-state index in [0.29, 0.717) is 25.3 Å². The lowest BCUT2D eigenvalue weighted by atomic mass is 10.3. The lowest BCUT2D eigenvalue weighted by Crippen LogP contribution is -2.48. The van der Waals surface area contributed by atoms with Gasteiger partial charge in [-0.05, 0) is 25.5 Å². The van der Waals surface area contributed by atoms with E-state index in [1.165, 1.54) is 28.4 Å². The maximum absolute atomic E-state index is 12.4. The van der Waals surface area contributed by atoms with Gasteiger partial charge < -0.3 is 14.3 Å². The molecule has 1 fully saturated rings. The molecule has 0 aromatic carbocycles. The Kier molecular flexibility index (Phi) is 4.32. The Hall–Kier alpha value is -3.10. The number of rotatable bonds is 4. The van der Waals surface area contributed by atoms with Crippen molar-refractivity contribution in [2.75, 3.05) is 19.6 Å². The summed E-state index contributed by atoms with van der Waals surface area (Å²) in [6.45, 7) is 2.25. The lowest BCUT2D eigenvalue weighted by Gasteiger charge is -2.27. The highest BCUT2D eigenvalue weighted by atomic mass is 16.5. The lowest BCUT2D eigenvalue weighted by molar-refractivity contribution is -0.139. The molecule has 0 unspecified atom stereocenters. The molecule has 0 aliphatic carbocycles. The SMILES string of the molecule is Cc1cc(C(=O)N2CCCN2C(=O)CNC(=O)c2ccco2)no1. The van der Waals surface area contributed by atoms with E-state index in [4.69, 9.17) is 8.94 Å². The number of nitrogens with one attached hydrogen (secondary N) is 1. The van der Waals surface area contributed by atoms with Crippen molar-refractivity contribution in [3.8, 4) is 0 Å². The van der Waals surface area contributed by atoms with Gasteiger partial charge in [-0.1, -0.05) is 5.16 Å². The van der Waals surface area contributed by atoms with Crippen molar-refractivity contribution >= 4 is 17.7 Å². The minimum absolute atomic E-state index is 0.121. The zero-order chi connectivity index (χ0) is 17.1. The van der Waals surface area contributed by atoms with E-state index >= 15 is 0 Å². The van der Waals surface area contributed by atoms with Crippen molar-refractivity contribution in [3.63, 3.8) is 0 Å². The van der Waals surface area contributed by atoms with E-state index in [9.17, 15) is 14.4 Å². The minimum Gasteiger partial charge on any atom is -0.459 e. The highest BCUT2D eigenvalue weighted by Gasteiger charge is 2.32. The van der Waals surface area contributed by atoms with Gasteiger partial charge in [0, 0.05) is 19.2 Å². The zero-order valence-electron chi connectivity index (χ0n) is 13.0. The predicted octanol–water partition coefficient (Wildman–Crippen LogP) is 0.596. The van der Waals surface area contributed by atoms with Gasteiger partial charge >= 0.3 is 0 Å². The van der Waals surface area contributed by atoms with Crippen LogP contribution in [0.5, 0.6) is 0 Å². The molecule has 2 aromatic heterocycles. The standard InChI is InChI=1S/C15H16N4O5/c1-10-8-11(17-24-10)15(22)19-6-3-5-18(19)13(20)9-16-14(21)12-4-2-7-23-12/h2,4,7-8H,3,5-6,9H2,1H3,(H,16,21). The number of carbonyl (C=O) groups excluding carboxylic acids is 3. The topological polar surface area (TPSA) is 109 Å². The average molecular weight is 332 g/mol. The van der Waals surface area contributed by atoms with Gasteiger partial charge in [0.2, 0.25) is 0 Å². The molecule has 9 nitrogen and oxygen atoms in total. The highest BCUT2D eigenvalue weighted by molar-refractivity contribution is 5.96. The number of amides is 3. The summed E-state index contributed by atoms with van der Waals surface area (Å²) in [6, 6.07) is 4.60. The summed E-state index contributed by atoms with van der Waals surface area (Å²) in [6.07, 6.45) is 2.03. The fourth-order valence-electron chi connectivity index (χ4n) is 2.42. The Morgan fingerprint density at radius 2 is 2.08 bits per heavy atom. The molecule has 0 radical (unpaired) electrons. The highest BCUT2D eigenvalue weighted by Crippen LogP contribution is 2.15. The smallest absolute Gasteiger partial charge is 0.294 e. The van der Waals surface area contributed by atoms with Gasteiger partial charge in [0.15, 0.2) is 11.5 Å². The van der Waals surface area contributed by atoms with Crippen molar-refractivity contribution in [3.05, 3.63) is 41.7 Å². The summed E-state index contributed by atoms with van der Waals surface area (Å²) in [7, 11) is 0. The molecule has 3 heterocycles. The van der Waals surface area contributed by atoms with Gasteiger partial charge in [-0.25, -0.2) is 10.0 Å². The number of aryl methyl sites for hydroxylation is 1. The second kappa shape index (κ2) is 6.57. The quantitative estimate of drug-likeness (QED) is 0.878. The van der Waals surface area contributed by atoms with Crippen LogP contribution < -0.4 is 5.32 Å². The number of nitrogens with zero attached hydrogens (tertiary/aromatic N) is 3. The largest absolute Gasteiger partial charge is 0.459 e. The van der Waals surface area contributed by atoms with Crippen LogP contribution in [0.3, 0.4) is 0 Å². The van der Waals surface area contributed by atoms with E-state index < -0.39 is 11.8 Å². The molecule has 9 heteroatoms. The van der Waals surface area contributed by atoms with Crippen LogP contribution in [0.25, 0.3) is 0 Å². The fourth-order valence-corrected chi connectivity index (χ4v) is 2.42. The molecule has 2 aromatic rings. The summed E-state index contributed by atoms with van der Waals surface area (Å²) < 4.78 is 9.85. The van der Waals surface area contributed by atoms with Crippen LogP contribution in [0.4, 0.5) is 0 Å².